The molecule has 0 radical (unpaired) electrons. The molecular weight excluding hydrogens is 618 g/mol. The van der Waals surface area contributed by atoms with E-state index < -0.39 is 28.6 Å². The number of H-pyrrole nitrogens is 1. The van der Waals surface area contributed by atoms with Crippen molar-refractivity contribution in [2.24, 2.45) is 29.6 Å². The third kappa shape index (κ3) is 4.47. The summed E-state index contributed by atoms with van der Waals surface area (Å²) in [4.78, 5) is 66.8. The zero-order chi connectivity index (χ0) is 30.2. The van der Waals surface area contributed by atoms with Gasteiger partial charge in [0, 0.05) is 50.9 Å². The van der Waals surface area contributed by atoms with Crippen molar-refractivity contribution in [3.8, 4) is 5.75 Å². The number of ether oxygens (including phenoxy) is 1. The minimum absolute atomic E-state index is 0.110. The summed E-state index contributed by atoms with van der Waals surface area (Å²) in [6.45, 7) is -0.0600. The number of thioether (sulfide) groups is 1. The Morgan fingerprint density at radius 2 is 1.88 bits per heavy atom. The van der Waals surface area contributed by atoms with Crippen LogP contribution in [0.4, 0.5) is 5.69 Å². The number of nitro benzene ring substituents is 1. The summed E-state index contributed by atoms with van der Waals surface area (Å²) in [5.41, 5.74) is 1.14. The first-order valence-electron chi connectivity index (χ1n) is 13.7. The molecule has 1 aromatic heterocycles. The number of rotatable bonds is 8. The number of hydrogen-bond donors (Lipinski definition) is 2. The highest BCUT2D eigenvalue weighted by Gasteiger charge is 2.69. The van der Waals surface area contributed by atoms with Gasteiger partial charge in [0.1, 0.15) is 12.4 Å². The lowest BCUT2D eigenvalue weighted by molar-refractivity contribution is -0.385. The Hall–Kier alpha value is -3.68. The molecule has 7 atom stereocenters. The number of benzene rings is 2. The van der Waals surface area contributed by atoms with Crippen LogP contribution in [0.25, 0.3) is 0 Å². The average molecular weight is 642 g/mol. The molecular formula is C29H24ClN3O8S2. The maximum atomic E-state index is 13.6. The number of non-ortho nitro benzene ring substituents is 1. The predicted octanol–water partition coefficient (Wildman–Crippen LogP) is 4.53. The number of aromatic amines is 1. The highest BCUT2D eigenvalue weighted by Crippen LogP contribution is 2.69. The number of thiazole rings is 1. The average Bonchev–Trinajstić information content (AvgIpc) is 3.70. The number of imide groups is 1. The number of nitrogens with zero attached hydrogens (tertiary/aromatic N) is 2. The van der Waals surface area contributed by atoms with Crippen molar-refractivity contribution in [2.75, 3.05) is 6.54 Å². The zero-order valence-corrected chi connectivity index (χ0v) is 24.7. The van der Waals surface area contributed by atoms with E-state index in [0.29, 0.717) is 27.8 Å². The first-order chi connectivity index (χ1) is 20.6. The van der Waals surface area contributed by atoms with Gasteiger partial charge in [0.15, 0.2) is 0 Å². The van der Waals surface area contributed by atoms with Crippen LogP contribution in [-0.4, -0.2) is 49.5 Å². The molecule has 222 valence electrons. The summed E-state index contributed by atoms with van der Waals surface area (Å²) < 4.78 is 6.26. The quantitative estimate of drug-likeness (QED) is 0.205. The monoisotopic (exact) mass is 641 g/mol. The molecule has 2 aliphatic heterocycles. The van der Waals surface area contributed by atoms with Crippen LogP contribution < -0.4 is 9.61 Å². The van der Waals surface area contributed by atoms with Gasteiger partial charge < -0.3 is 14.8 Å². The van der Waals surface area contributed by atoms with Crippen molar-refractivity contribution in [3.63, 3.8) is 0 Å². The third-order valence-electron chi connectivity index (χ3n) is 9.24. The lowest BCUT2D eigenvalue weighted by Crippen LogP contribution is -2.42. The van der Waals surface area contributed by atoms with Crippen LogP contribution in [0.5, 0.6) is 5.75 Å². The molecule has 0 unspecified atom stereocenters. The van der Waals surface area contributed by atoms with Crippen molar-refractivity contribution in [3.05, 3.63) is 83.3 Å². The molecule has 7 rings (SSSR count). The number of halogens is 1. The third-order valence-corrected chi connectivity index (χ3v) is 12.2. The van der Waals surface area contributed by atoms with E-state index in [1.165, 1.54) is 23.9 Å². The molecule has 2 amide bonds. The topological polar surface area (TPSA) is 160 Å². The largest absolute Gasteiger partial charge is 0.489 e. The number of carbonyl (C=O) groups excluding carboxylic acids is 2. The Morgan fingerprint density at radius 3 is 2.60 bits per heavy atom. The number of aliphatic carboxylic acids is 1. The van der Waals surface area contributed by atoms with Crippen LogP contribution in [0.2, 0.25) is 5.02 Å². The standard InChI is InChI=1S/C29H24ClN3O8S2/c30-17-4-2-1-3-12(17)11-41-18-6-5-13(33(39)40)9-14(18)20-21-15-10-16(24(21)42-26-25(20)43-29(38)31-26)23-22(15)27(36)32(28(23)37)8-7-19(34)35/h1-6,9,15-16,20-24H,7-8,10-11H2,(H,31,38)(H,34,35)/t15-,16+,20-,21+,22+,23+,24-/m1/s1. The Labute approximate surface area is 257 Å². The highest BCUT2D eigenvalue weighted by molar-refractivity contribution is 8.00. The van der Waals surface area contributed by atoms with Crippen LogP contribution in [-0.2, 0) is 21.0 Å². The maximum Gasteiger partial charge on any atom is 0.305 e. The molecule has 1 saturated heterocycles. The summed E-state index contributed by atoms with van der Waals surface area (Å²) in [5.74, 6) is -3.62. The van der Waals surface area contributed by atoms with Gasteiger partial charge >= 0.3 is 10.8 Å². The molecule has 0 spiro atoms. The number of nitro groups is 1. The van der Waals surface area contributed by atoms with E-state index in [0.717, 1.165) is 26.7 Å². The molecule has 2 bridgehead atoms. The van der Waals surface area contributed by atoms with Crippen molar-refractivity contribution >= 4 is 58.2 Å². The number of aromatic nitrogens is 1. The van der Waals surface area contributed by atoms with Crippen LogP contribution in [0, 0.1) is 39.7 Å². The van der Waals surface area contributed by atoms with Crippen molar-refractivity contribution in [2.45, 2.75) is 35.6 Å². The summed E-state index contributed by atoms with van der Waals surface area (Å²) in [5, 5.41) is 22.1. The Kier molecular flexibility index (Phi) is 6.86. The summed E-state index contributed by atoms with van der Waals surface area (Å²) in [6.07, 6.45) is 0.303. The molecule has 2 saturated carbocycles. The van der Waals surface area contributed by atoms with E-state index in [1.807, 2.05) is 12.1 Å². The van der Waals surface area contributed by atoms with Crippen LogP contribution in [0.3, 0.4) is 0 Å². The van der Waals surface area contributed by atoms with Gasteiger partial charge in [-0.25, -0.2) is 0 Å². The van der Waals surface area contributed by atoms with E-state index in [-0.39, 0.29) is 65.0 Å². The lowest BCUT2D eigenvalue weighted by atomic mass is 9.68. The number of hydrogen-bond acceptors (Lipinski definition) is 9. The number of carboxylic acids is 1. The number of nitrogens with one attached hydrogen (secondary N) is 1. The molecule has 2 N–H and O–H groups in total. The van der Waals surface area contributed by atoms with Gasteiger partial charge in [0.05, 0.1) is 28.2 Å². The molecule has 3 heterocycles. The molecule has 43 heavy (non-hydrogen) atoms. The van der Waals surface area contributed by atoms with Gasteiger partial charge in [-0.15, -0.1) is 11.8 Å². The molecule has 11 nitrogen and oxygen atoms in total. The van der Waals surface area contributed by atoms with Crippen molar-refractivity contribution in [1.82, 2.24) is 9.88 Å². The van der Waals surface area contributed by atoms with Gasteiger partial charge in [-0.1, -0.05) is 41.1 Å². The summed E-state index contributed by atoms with van der Waals surface area (Å²) in [7, 11) is 0. The summed E-state index contributed by atoms with van der Waals surface area (Å²) in [6, 6.07) is 11.6. The SMILES string of the molecule is O=C(O)CCN1C(=O)[C@H]2[C@@H]3C[C@@H]([C@@H]2C1=O)[C@H]1[C@@H](c2cc([N+](=O)[O-])ccc2OCc2ccccc2Cl)c2sc(=O)[nH]c2S[C@H]31. The number of fused-ring (bicyclic) bond motifs is 9. The predicted molar refractivity (Wildman–Crippen MR) is 156 cm³/mol. The van der Waals surface area contributed by atoms with E-state index in [1.54, 1.807) is 18.2 Å². The normalized spacial score (nSPS) is 28.5. The minimum Gasteiger partial charge on any atom is -0.489 e. The number of likely N-dealkylation sites (tertiary alicyclic amines) is 1. The van der Waals surface area contributed by atoms with E-state index >= 15 is 0 Å². The molecule has 2 aliphatic carbocycles. The second-order valence-electron chi connectivity index (χ2n) is 11.3. The minimum atomic E-state index is -1.09. The summed E-state index contributed by atoms with van der Waals surface area (Å²) >= 11 is 8.89. The van der Waals surface area contributed by atoms with E-state index in [9.17, 15) is 29.3 Å². The molecule has 2 aromatic carbocycles. The van der Waals surface area contributed by atoms with Gasteiger partial charge in [-0.2, -0.15) is 0 Å². The smallest absolute Gasteiger partial charge is 0.305 e. The first-order valence-corrected chi connectivity index (χ1v) is 15.8. The van der Waals surface area contributed by atoms with Crippen molar-refractivity contribution in [1.29, 1.82) is 0 Å². The fourth-order valence-corrected chi connectivity index (χ4v) is 10.7. The molecule has 3 aromatic rings. The molecule has 3 fully saturated rings. The van der Waals surface area contributed by atoms with Gasteiger partial charge in [0.25, 0.3) is 5.69 Å². The van der Waals surface area contributed by atoms with Gasteiger partial charge in [-0.05, 0) is 36.3 Å². The Bertz CT molecular complexity index is 1760. The number of carboxylic acid groups (broad SMARTS) is 1. The molecule has 4 aliphatic rings. The van der Waals surface area contributed by atoms with Crippen molar-refractivity contribution < 1.29 is 29.2 Å². The zero-order valence-electron chi connectivity index (χ0n) is 22.3. The molecule has 14 heteroatoms. The van der Waals surface area contributed by atoms with E-state index in [4.69, 9.17) is 21.4 Å². The van der Waals surface area contributed by atoms with Gasteiger partial charge in [-0.3, -0.25) is 34.2 Å². The fraction of sp³-hybridized carbons (Fsp3) is 0.379. The second kappa shape index (κ2) is 10.5. The van der Waals surface area contributed by atoms with Crippen LogP contribution >= 0.6 is 34.7 Å². The van der Waals surface area contributed by atoms with Crippen LogP contribution in [0.1, 0.15) is 34.8 Å². The fourth-order valence-electron chi connectivity index (χ4n) is 7.65. The lowest BCUT2D eigenvalue weighted by Gasteiger charge is -2.43. The van der Waals surface area contributed by atoms with Gasteiger partial charge in [0.2, 0.25) is 11.8 Å². The number of carbonyl (C=O) groups is 3. The Morgan fingerprint density at radius 1 is 1.14 bits per heavy atom. The second-order valence-corrected chi connectivity index (χ2v) is 13.9. The van der Waals surface area contributed by atoms with Crippen LogP contribution in [0.15, 0.2) is 52.3 Å². The number of amides is 2. The van der Waals surface area contributed by atoms with E-state index in [2.05, 4.69) is 4.98 Å². The maximum absolute atomic E-state index is 13.6. The Balaban J connectivity index is 1.31. The highest BCUT2D eigenvalue weighted by atomic mass is 35.5. The first kappa shape index (κ1) is 28.1.